The fourth-order valence-corrected chi connectivity index (χ4v) is 7.07. The molecular formula is C34H49F. The fraction of sp³-hybridized carbons (Fsp3) is 0.647. The van der Waals surface area contributed by atoms with Crippen LogP contribution in [-0.4, -0.2) is 6.17 Å². The Bertz CT molecular complexity index is 860. The minimum Gasteiger partial charge on any atom is -0.247 e. The van der Waals surface area contributed by atoms with Crippen LogP contribution in [0.1, 0.15) is 121 Å². The summed E-state index contributed by atoms with van der Waals surface area (Å²) in [6.45, 7) is 4.55. The van der Waals surface area contributed by atoms with Gasteiger partial charge in [-0.2, -0.15) is 0 Å². The highest BCUT2D eigenvalue weighted by atomic mass is 19.1. The molecule has 0 heterocycles. The van der Waals surface area contributed by atoms with E-state index in [-0.39, 0.29) is 5.92 Å². The van der Waals surface area contributed by atoms with Crippen LogP contribution in [0, 0.1) is 17.8 Å². The first kappa shape index (κ1) is 26.4. The molecule has 35 heavy (non-hydrogen) atoms. The summed E-state index contributed by atoms with van der Waals surface area (Å²) in [4.78, 5) is 0. The van der Waals surface area contributed by atoms with Gasteiger partial charge in [0.05, 0.1) is 0 Å². The van der Waals surface area contributed by atoms with Gasteiger partial charge in [-0.15, -0.1) is 0 Å². The number of benzene rings is 2. The highest BCUT2D eigenvalue weighted by Gasteiger charge is 2.37. The Morgan fingerprint density at radius 3 is 2.11 bits per heavy atom. The van der Waals surface area contributed by atoms with Gasteiger partial charge in [-0.3, -0.25) is 0 Å². The lowest BCUT2D eigenvalue weighted by Gasteiger charge is -2.40. The number of rotatable bonds is 11. The van der Waals surface area contributed by atoms with Gasteiger partial charge in [-0.05, 0) is 85.0 Å². The second-order valence-electron chi connectivity index (χ2n) is 11.7. The molecule has 0 spiro atoms. The lowest BCUT2D eigenvalue weighted by atomic mass is 9.67. The van der Waals surface area contributed by atoms with Gasteiger partial charge in [-0.1, -0.05) is 114 Å². The molecule has 0 saturated heterocycles. The maximum absolute atomic E-state index is 15.8. The van der Waals surface area contributed by atoms with Crippen LogP contribution in [0.3, 0.4) is 0 Å². The Hall–Kier alpha value is -1.63. The van der Waals surface area contributed by atoms with Gasteiger partial charge < -0.3 is 0 Å². The molecule has 2 aliphatic carbocycles. The van der Waals surface area contributed by atoms with Crippen LogP contribution in [0.25, 0.3) is 11.1 Å². The molecule has 2 fully saturated rings. The number of halogens is 1. The van der Waals surface area contributed by atoms with Crippen molar-refractivity contribution in [1.82, 2.24) is 0 Å². The largest absolute Gasteiger partial charge is 0.247 e. The average molecular weight is 477 g/mol. The van der Waals surface area contributed by atoms with Crippen molar-refractivity contribution in [2.24, 2.45) is 17.8 Å². The van der Waals surface area contributed by atoms with Crippen molar-refractivity contribution in [3.8, 4) is 11.1 Å². The lowest BCUT2D eigenvalue weighted by Crippen LogP contribution is -2.31. The zero-order valence-corrected chi connectivity index (χ0v) is 22.5. The molecule has 1 heteroatoms. The van der Waals surface area contributed by atoms with E-state index in [1.807, 2.05) is 0 Å². The van der Waals surface area contributed by atoms with Crippen molar-refractivity contribution in [3.63, 3.8) is 0 Å². The van der Waals surface area contributed by atoms with E-state index in [0.717, 1.165) is 31.1 Å². The van der Waals surface area contributed by atoms with E-state index >= 15 is 4.39 Å². The standard InChI is InChI=1S/C34H49F/c1-3-5-7-11-26-15-19-28(20-16-26)30-23-24-33(34(35)25-30)32-14-10-9-13-31(32)29-21-17-27(18-22-29)12-8-6-4-2/h9-10,13-14,17-18,21-22,26,28,30,33-34H,3-8,11-12,15-16,19-20,23-25H2,1-2H3. The zero-order valence-electron chi connectivity index (χ0n) is 22.5. The molecule has 2 aromatic carbocycles. The Morgan fingerprint density at radius 1 is 0.714 bits per heavy atom. The first-order valence-corrected chi connectivity index (χ1v) is 15.0. The molecule has 0 radical (unpaired) electrons. The van der Waals surface area contributed by atoms with Crippen molar-refractivity contribution in [2.45, 2.75) is 122 Å². The maximum atomic E-state index is 15.8. The molecule has 2 aromatic rings. The Labute approximate surface area is 215 Å². The van der Waals surface area contributed by atoms with Crippen molar-refractivity contribution >= 4 is 0 Å². The normalized spacial score (nSPS) is 27.1. The zero-order chi connectivity index (χ0) is 24.5. The molecular weight excluding hydrogens is 427 g/mol. The summed E-state index contributed by atoms with van der Waals surface area (Å²) in [7, 11) is 0. The van der Waals surface area contributed by atoms with E-state index in [1.54, 1.807) is 0 Å². The van der Waals surface area contributed by atoms with Crippen LogP contribution in [0.5, 0.6) is 0 Å². The predicted molar refractivity (Wildman–Crippen MR) is 150 cm³/mol. The molecule has 192 valence electrons. The third kappa shape index (κ3) is 7.21. The summed E-state index contributed by atoms with van der Waals surface area (Å²) in [5, 5.41) is 0. The fourth-order valence-electron chi connectivity index (χ4n) is 7.07. The van der Waals surface area contributed by atoms with Crippen LogP contribution < -0.4 is 0 Å². The molecule has 0 nitrogen and oxygen atoms in total. The van der Waals surface area contributed by atoms with Crippen LogP contribution in [-0.2, 0) is 6.42 Å². The first-order chi connectivity index (χ1) is 17.2. The smallest absolute Gasteiger partial charge is 0.107 e. The van der Waals surface area contributed by atoms with E-state index in [9.17, 15) is 0 Å². The maximum Gasteiger partial charge on any atom is 0.107 e. The van der Waals surface area contributed by atoms with Crippen LogP contribution in [0.4, 0.5) is 4.39 Å². The van der Waals surface area contributed by atoms with E-state index in [0.29, 0.717) is 5.92 Å². The Kier molecular flexibility index (Phi) is 10.3. The van der Waals surface area contributed by atoms with Gasteiger partial charge in [0.25, 0.3) is 0 Å². The van der Waals surface area contributed by atoms with E-state index in [4.69, 9.17) is 0 Å². The van der Waals surface area contributed by atoms with Gasteiger partial charge in [0.2, 0.25) is 0 Å². The second kappa shape index (κ2) is 13.6. The van der Waals surface area contributed by atoms with E-state index in [2.05, 4.69) is 62.4 Å². The van der Waals surface area contributed by atoms with Gasteiger partial charge >= 0.3 is 0 Å². The van der Waals surface area contributed by atoms with Gasteiger partial charge in [0, 0.05) is 5.92 Å². The summed E-state index contributed by atoms with van der Waals surface area (Å²) in [5.74, 6) is 2.37. The molecule has 0 aromatic heterocycles. The number of unbranched alkanes of at least 4 members (excludes halogenated alkanes) is 4. The number of hydrogen-bond donors (Lipinski definition) is 0. The van der Waals surface area contributed by atoms with Crippen molar-refractivity contribution < 1.29 is 4.39 Å². The monoisotopic (exact) mass is 476 g/mol. The summed E-state index contributed by atoms with van der Waals surface area (Å²) in [6, 6.07) is 17.7. The van der Waals surface area contributed by atoms with Crippen LogP contribution >= 0.6 is 0 Å². The molecule has 0 N–H and O–H groups in total. The number of alkyl halides is 1. The molecule has 4 rings (SSSR count). The lowest BCUT2D eigenvalue weighted by molar-refractivity contribution is 0.101. The van der Waals surface area contributed by atoms with E-state index in [1.165, 1.54) is 99.3 Å². The molecule has 3 unspecified atom stereocenters. The third-order valence-corrected chi connectivity index (χ3v) is 9.28. The van der Waals surface area contributed by atoms with Crippen molar-refractivity contribution in [1.29, 1.82) is 0 Å². The Morgan fingerprint density at radius 2 is 1.40 bits per heavy atom. The van der Waals surface area contributed by atoms with Crippen LogP contribution in [0.2, 0.25) is 0 Å². The molecule has 0 bridgehead atoms. The second-order valence-corrected chi connectivity index (χ2v) is 11.7. The summed E-state index contributed by atoms with van der Waals surface area (Å²) < 4.78 is 15.8. The third-order valence-electron chi connectivity index (χ3n) is 9.28. The SMILES string of the molecule is CCCCCc1ccc(-c2ccccc2C2CCC(C3CCC(CCCCC)CC3)CC2F)cc1. The summed E-state index contributed by atoms with van der Waals surface area (Å²) in [5.41, 5.74) is 5.14. The molecule has 0 aliphatic heterocycles. The quantitative estimate of drug-likeness (QED) is 0.283. The number of aryl methyl sites for hydroxylation is 1. The van der Waals surface area contributed by atoms with Crippen molar-refractivity contribution in [2.75, 3.05) is 0 Å². The predicted octanol–water partition coefficient (Wildman–Crippen LogP) is 10.7. The minimum absolute atomic E-state index is 0.0528. The minimum atomic E-state index is -0.703. The summed E-state index contributed by atoms with van der Waals surface area (Å²) >= 11 is 0. The average Bonchev–Trinajstić information content (AvgIpc) is 2.90. The Balaban J connectivity index is 1.35. The number of hydrogen-bond acceptors (Lipinski definition) is 0. The molecule has 3 atom stereocenters. The highest BCUT2D eigenvalue weighted by molar-refractivity contribution is 5.68. The van der Waals surface area contributed by atoms with Crippen molar-refractivity contribution in [3.05, 3.63) is 59.7 Å². The molecule has 2 aliphatic rings. The molecule has 0 amide bonds. The van der Waals surface area contributed by atoms with Gasteiger partial charge in [-0.25, -0.2) is 4.39 Å². The van der Waals surface area contributed by atoms with Gasteiger partial charge in [0.15, 0.2) is 0 Å². The van der Waals surface area contributed by atoms with Gasteiger partial charge in [0.1, 0.15) is 6.17 Å². The highest BCUT2D eigenvalue weighted by Crippen LogP contribution is 2.47. The first-order valence-electron chi connectivity index (χ1n) is 15.0. The summed E-state index contributed by atoms with van der Waals surface area (Å²) in [6.07, 6.45) is 18.3. The molecule has 2 saturated carbocycles. The van der Waals surface area contributed by atoms with Crippen LogP contribution in [0.15, 0.2) is 48.5 Å². The topological polar surface area (TPSA) is 0 Å². The van der Waals surface area contributed by atoms with E-state index < -0.39 is 6.17 Å².